The minimum Gasteiger partial charge on any atom is -0.495 e. The van der Waals surface area contributed by atoms with Crippen molar-refractivity contribution >= 4 is 28.5 Å². The number of fused-ring (bicyclic) bond motifs is 1. The molecule has 0 radical (unpaired) electrons. The maximum atomic E-state index is 13.2. The van der Waals surface area contributed by atoms with Gasteiger partial charge >= 0.3 is 5.97 Å². The van der Waals surface area contributed by atoms with Crippen molar-refractivity contribution in [3.63, 3.8) is 0 Å². The van der Waals surface area contributed by atoms with E-state index in [4.69, 9.17) is 9.47 Å². The van der Waals surface area contributed by atoms with Gasteiger partial charge in [-0.15, -0.1) is 0 Å². The molecule has 0 bridgehead atoms. The molecule has 1 amide bonds. The van der Waals surface area contributed by atoms with Crippen LogP contribution in [0.2, 0.25) is 0 Å². The van der Waals surface area contributed by atoms with Crippen molar-refractivity contribution in [1.82, 2.24) is 4.98 Å². The molecule has 0 spiro atoms. The van der Waals surface area contributed by atoms with E-state index in [1.54, 1.807) is 42.5 Å². The van der Waals surface area contributed by atoms with E-state index in [1.807, 2.05) is 43.3 Å². The number of rotatable bonds is 6. The third-order valence-electron chi connectivity index (χ3n) is 4.93. The minimum absolute atomic E-state index is 0.281. The van der Waals surface area contributed by atoms with Crippen molar-refractivity contribution < 1.29 is 19.1 Å². The predicted octanol–water partition coefficient (Wildman–Crippen LogP) is 5.02. The molecule has 31 heavy (non-hydrogen) atoms. The minimum atomic E-state index is -1.13. The Morgan fingerprint density at radius 3 is 2.42 bits per heavy atom. The molecule has 6 heteroatoms. The highest BCUT2D eigenvalue weighted by atomic mass is 16.5. The number of ether oxygens (including phenoxy) is 2. The van der Waals surface area contributed by atoms with Crippen LogP contribution in [0.15, 0.2) is 78.9 Å². The maximum absolute atomic E-state index is 13.2. The summed E-state index contributed by atoms with van der Waals surface area (Å²) in [6, 6.07) is 23.6. The van der Waals surface area contributed by atoms with E-state index in [-0.39, 0.29) is 5.69 Å². The summed E-state index contributed by atoms with van der Waals surface area (Å²) in [5, 5.41) is 3.72. The number of aromatic amines is 1. The molecule has 1 heterocycles. The van der Waals surface area contributed by atoms with Gasteiger partial charge in [0.1, 0.15) is 11.4 Å². The summed E-state index contributed by atoms with van der Waals surface area (Å²) in [4.78, 5) is 29.1. The first-order valence-electron chi connectivity index (χ1n) is 9.84. The van der Waals surface area contributed by atoms with Crippen LogP contribution in [-0.4, -0.2) is 24.0 Å². The largest absolute Gasteiger partial charge is 0.495 e. The first-order valence-corrected chi connectivity index (χ1v) is 9.84. The fourth-order valence-electron chi connectivity index (χ4n) is 3.37. The molecule has 3 aromatic carbocycles. The number of carbonyl (C=O) groups excluding carboxylic acids is 2. The molecular weight excluding hydrogens is 392 g/mol. The number of hydrogen-bond acceptors (Lipinski definition) is 4. The molecule has 6 nitrogen and oxygen atoms in total. The molecule has 2 N–H and O–H groups in total. The van der Waals surface area contributed by atoms with Gasteiger partial charge in [0.25, 0.3) is 5.91 Å². The molecule has 0 aliphatic heterocycles. The molecule has 1 aromatic heterocycles. The van der Waals surface area contributed by atoms with Crippen molar-refractivity contribution in [2.24, 2.45) is 0 Å². The average molecular weight is 414 g/mol. The number of aryl methyl sites for hydroxylation is 1. The molecule has 0 aliphatic rings. The van der Waals surface area contributed by atoms with E-state index >= 15 is 0 Å². The van der Waals surface area contributed by atoms with Gasteiger partial charge < -0.3 is 19.8 Å². The average Bonchev–Trinajstić information content (AvgIpc) is 3.22. The monoisotopic (exact) mass is 414 g/mol. The third kappa shape index (κ3) is 4.43. The quantitative estimate of drug-likeness (QED) is 0.434. The Labute approximate surface area is 179 Å². The molecular formula is C25H22N2O4. The van der Waals surface area contributed by atoms with Crippen molar-refractivity contribution in [3.05, 3.63) is 95.7 Å². The molecule has 0 fully saturated rings. The molecule has 156 valence electrons. The van der Waals surface area contributed by atoms with Crippen molar-refractivity contribution in [2.45, 2.75) is 13.0 Å². The Kier molecular flexibility index (Phi) is 5.71. The molecule has 4 aromatic rings. The predicted molar refractivity (Wildman–Crippen MR) is 119 cm³/mol. The van der Waals surface area contributed by atoms with Gasteiger partial charge in [-0.3, -0.25) is 4.79 Å². The lowest BCUT2D eigenvalue weighted by Crippen LogP contribution is -2.26. The summed E-state index contributed by atoms with van der Waals surface area (Å²) in [5.41, 5.74) is 3.14. The molecule has 0 aliphatic carbocycles. The fraction of sp³-hybridized carbons (Fsp3) is 0.120. The molecule has 1 atom stereocenters. The van der Waals surface area contributed by atoms with Gasteiger partial charge in [-0.25, -0.2) is 4.79 Å². The van der Waals surface area contributed by atoms with Crippen LogP contribution >= 0.6 is 0 Å². The Balaban J connectivity index is 1.62. The Morgan fingerprint density at radius 1 is 0.935 bits per heavy atom. The lowest BCUT2D eigenvalue weighted by Gasteiger charge is -2.19. The van der Waals surface area contributed by atoms with Gasteiger partial charge in [-0.1, -0.05) is 54.6 Å². The zero-order valence-electron chi connectivity index (χ0n) is 17.2. The number of benzene rings is 3. The van der Waals surface area contributed by atoms with E-state index in [0.29, 0.717) is 17.0 Å². The summed E-state index contributed by atoms with van der Waals surface area (Å²) in [7, 11) is 1.53. The highest BCUT2D eigenvalue weighted by Crippen LogP contribution is 2.28. The highest BCUT2D eigenvalue weighted by Gasteiger charge is 2.27. The van der Waals surface area contributed by atoms with Crippen LogP contribution < -0.4 is 10.1 Å². The number of anilines is 1. The number of methoxy groups -OCH3 is 1. The van der Waals surface area contributed by atoms with Gasteiger partial charge in [0.2, 0.25) is 6.10 Å². The number of nitrogens with one attached hydrogen (secondary N) is 2. The highest BCUT2D eigenvalue weighted by molar-refractivity contribution is 6.00. The smallest absolute Gasteiger partial charge is 0.355 e. The summed E-state index contributed by atoms with van der Waals surface area (Å²) in [6.07, 6.45) is -1.13. The zero-order chi connectivity index (χ0) is 21.8. The SMILES string of the molecule is COc1ccc(C)cc1NC(=O)C(OC(=O)c1cc2ccccc2[nH]1)c1ccccc1. The number of esters is 1. The van der Waals surface area contributed by atoms with E-state index in [1.165, 1.54) is 7.11 Å². The first kappa shape index (κ1) is 20.2. The third-order valence-corrected chi connectivity index (χ3v) is 4.93. The van der Waals surface area contributed by atoms with E-state index < -0.39 is 18.0 Å². The van der Waals surface area contributed by atoms with Gasteiger partial charge in [-0.05, 0) is 36.8 Å². The van der Waals surface area contributed by atoms with Crippen LogP contribution in [0.4, 0.5) is 5.69 Å². The number of para-hydroxylation sites is 1. The summed E-state index contributed by atoms with van der Waals surface area (Å²) >= 11 is 0. The van der Waals surface area contributed by atoms with Gasteiger partial charge in [0.15, 0.2) is 0 Å². The van der Waals surface area contributed by atoms with Gasteiger partial charge in [0.05, 0.1) is 12.8 Å². The summed E-state index contributed by atoms with van der Waals surface area (Å²) < 4.78 is 11.0. The molecule has 0 saturated carbocycles. The lowest BCUT2D eigenvalue weighted by atomic mass is 10.1. The molecule has 4 rings (SSSR count). The van der Waals surface area contributed by atoms with Crippen molar-refractivity contribution in [2.75, 3.05) is 12.4 Å². The van der Waals surface area contributed by atoms with E-state index in [0.717, 1.165) is 16.5 Å². The normalized spacial score (nSPS) is 11.7. The Bertz CT molecular complexity index is 1200. The maximum Gasteiger partial charge on any atom is 0.355 e. The van der Waals surface area contributed by atoms with Crippen LogP contribution in [0.3, 0.4) is 0 Å². The number of carbonyl (C=O) groups is 2. The van der Waals surface area contributed by atoms with Gasteiger partial charge in [0, 0.05) is 16.5 Å². The summed E-state index contributed by atoms with van der Waals surface area (Å²) in [6.45, 7) is 1.92. The lowest BCUT2D eigenvalue weighted by molar-refractivity contribution is -0.125. The second kappa shape index (κ2) is 8.75. The van der Waals surface area contributed by atoms with Crippen LogP contribution in [0, 0.1) is 6.92 Å². The molecule has 1 unspecified atom stereocenters. The topological polar surface area (TPSA) is 80.4 Å². The molecule has 0 saturated heterocycles. The second-order valence-corrected chi connectivity index (χ2v) is 7.16. The number of H-pyrrole nitrogens is 1. The Morgan fingerprint density at radius 2 is 1.68 bits per heavy atom. The number of amides is 1. The van der Waals surface area contributed by atoms with Crippen LogP contribution in [0.25, 0.3) is 10.9 Å². The standard InChI is InChI=1S/C25H22N2O4/c1-16-12-13-22(30-2)20(14-16)27-24(28)23(17-8-4-3-5-9-17)31-25(29)21-15-18-10-6-7-11-19(18)26-21/h3-15,23,26H,1-2H3,(H,27,28). The van der Waals surface area contributed by atoms with Crippen LogP contribution in [0.1, 0.15) is 27.7 Å². The van der Waals surface area contributed by atoms with E-state index in [9.17, 15) is 9.59 Å². The van der Waals surface area contributed by atoms with Crippen LogP contribution in [-0.2, 0) is 9.53 Å². The van der Waals surface area contributed by atoms with Crippen molar-refractivity contribution in [3.8, 4) is 5.75 Å². The van der Waals surface area contributed by atoms with Gasteiger partial charge in [-0.2, -0.15) is 0 Å². The number of hydrogen-bond donors (Lipinski definition) is 2. The number of aromatic nitrogens is 1. The fourth-order valence-corrected chi connectivity index (χ4v) is 3.37. The van der Waals surface area contributed by atoms with Crippen molar-refractivity contribution in [1.29, 1.82) is 0 Å². The zero-order valence-corrected chi connectivity index (χ0v) is 17.2. The first-order chi connectivity index (χ1) is 15.0. The Hall–Kier alpha value is -4.06. The van der Waals surface area contributed by atoms with Crippen LogP contribution in [0.5, 0.6) is 5.75 Å². The summed E-state index contributed by atoms with van der Waals surface area (Å²) in [5.74, 6) is -0.566. The van der Waals surface area contributed by atoms with E-state index in [2.05, 4.69) is 10.3 Å². The second-order valence-electron chi connectivity index (χ2n) is 7.16.